The molecule has 0 aliphatic heterocycles. The summed E-state index contributed by atoms with van der Waals surface area (Å²) in [7, 11) is 0. The Morgan fingerprint density at radius 1 is 1.04 bits per heavy atom. The molecule has 1 atom stereocenters. The highest BCUT2D eigenvalue weighted by Gasteiger charge is 2.35. The first-order chi connectivity index (χ1) is 12.8. The molecule has 4 nitrogen and oxygen atoms in total. The fourth-order valence-electron chi connectivity index (χ4n) is 2.65. The molecule has 0 unspecified atom stereocenters. The third-order valence-corrected chi connectivity index (χ3v) is 3.90. The van der Waals surface area contributed by atoms with Gasteiger partial charge in [0, 0.05) is 0 Å². The Morgan fingerprint density at radius 2 is 1.67 bits per heavy atom. The molecule has 2 aromatic carbocycles. The van der Waals surface area contributed by atoms with Crippen molar-refractivity contribution in [2.45, 2.75) is 32.0 Å². The lowest BCUT2D eigenvalue weighted by Gasteiger charge is -2.19. The summed E-state index contributed by atoms with van der Waals surface area (Å²) >= 11 is 0. The number of carbonyl (C=O) groups excluding carboxylic acids is 2. The Morgan fingerprint density at radius 3 is 2.30 bits per heavy atom. The van der Waals surface area contributed by atoms with Crippen molar-refractivity contribution in [2.75, 3.05) is 6.61 Å². The number of hydrogen-bond acceptors (Lipinski definition) is 3. The molecule has 0 heterocycles. The Bertz CT molecular complexity index is 776. The molecule has 0 bridgehead atoms. The monoisotopic (exact) mass is 379 g/mol. The Labute approximate surface area is 155 Å². The predicted octanol–water partition coefficient (Wildman–Crippen LogP) is 4.52. The van der Waals surface area contributed by atoms with Crippen LogP contribution in [0.25, 0.3) is 0 Å². The highest BCUT2D eigenvalue weighted by Crippen LogP contribution is 2.32. The molecule has 0 aliphatic rings. The van der Waals surface area contributed by atoms with Crippen molar-refractivity contribution in [3.8, 4) is 0 Å². The predicted molar refractivity (Wildman–Crippen MR) is 94.0 cm³/mol. The number of halogens is 3. The number of hydrogen-bond donors (Lipinski definition) is 1. The molecule has 2 rings (SSSR count). The molecular weight excluding hydrogens is 359 g/mol. The fourth-order valence-corrected chi connectivity index (χ4v) is 2.65. The van der Waals surface area contributed by atoms with Gasteiger partial charge in [-0.3, -0.25) is 4.79 Å². The summed E-state index contributed by atoms with van der Waals surface area (Å²) in [6.07, 6.45) is -3.18. The second kappa shape index (κ2) is 9.21. The Kier molecular flexibility index (Phi) is 6.98. The number of alkyl halides is 3. The molecule has 0 aromatic heterocycles. The van der Waals surface area contributed by atoms with Crippen LogP contribution in [0.1, 0.15) is 47.3 Å². The molecular formula is C20H20F3NO3. The second-order valence-electron chi connectivity index (χ2n) is 5.94. The van der Waals surface area contributed by atoms with Crippen molar-refractivity contribution in [3.05, 3.63) is 71.3 Å². The molecule has 0 aliphatic carbocycles. The van der Waals surface area contributed by atoms with Gasteiger partial charge in [-0.25, -0.2) is 4.79 Å². The average molecular weight is 379 g/mol. The standard InChI is InChI=1S/C20H20F3NO3/c1-2-8-17(14-9-4-3-5-10-14)24-18(25)13-27-19(26)15-11-6-7-12-16(15)20(21,22)23/h3-7,9-12,17H,2,8,13H2,1H3,(H,24,25)/t17-/m1/s1. The van der Waals surface area contributed by atoms with Crippen LogP contribution in [0.3, 0.4) is 0 Å². The molecule has 27 heavy (non-hydrogen) atoms. The van der Waals surface area contributed by atoms with Crippen molar-refractivity contribution in [1.29, 1.82) is 0 Å². The zero-order chi connectivity index (χ0) is 19.9. The van der Waals surface area contributed by atoms with Gasteiger partial charge in [-0.15, -0.1) is 0 Å². The summed E-state index contributed by atoms with van der Waals surface area (Å²) in [6, 6.07) is 13.3. The van der Waals surface area contributed by atoms with Crippen LogP contribution < -0.4 is 5.32 Å². The van der Waals surface area contributed by atoms with Crippen LogP contribution in [0.5, 0.6) is 0 Å². The second-order valence-corrected chi connectivity index (χ2v) is 5.94. The largest absolute Gasteiger partial charge is 0.452 e. The molecule has 7 heteroatoms. The normalized spacial score (nSPS) is 12.3. The molecule has 1 N–H and O–H groups in total. The molecule has 144 valence electrons. The summed E-state index contributed by atoms with van der Waals surface area (Å²) in [5, 5.41) is 2.75. The molecule has 0 fully saturated rings. The quantitative estimate of drug-likeness (QED) is 0.720. The summed E-state index contributed by atoms with van der Waals surface area (Å²) < 4.78 is 43.7. The number of rotatable bonds is 7. The van der Waals surface area contributed by atoms with Crippen LogP contribution in [0.2, 0.25) is 0 Å². The maximum absolute atomic E-state index is 13.0. The first-order valence-electron chi connectivity index (χ1n) is 8.50. The van der Waals surface area contributed by atoms with E-state index in [1.54, 1.807) is 0 Å². The van der Waals surface area contributed by atoms with E-state index < -0.39 is 35.8 Å². The third-order valence-electron chi connectivity index (χ3n) is 3.90. The minimum absolute atomic E-state index is 0.259. The van der Waals surface area contributed by atoms with Gasteiger partial charge >= 0.3 is 12.1 Å². The minimum atomic E-state index is -4.68. The van der Waals surface area contributed by atoms with E-state index >= 15 is 0 Å². The fraction of sp³-hybridized carbons (Fsp3) is 0.300. The Balaban J connectivity index is 2.00. The molecule has 2 aromatic rings. The number of ether oxygens (including phenoxy) is 1. The summed E-state index contributed by atoms with van der Waals surface area (Å²) in [5.74, 6) is -1.76. The number of amides is 1. The SMILES string of the molecule is CCC[C@@H](NC(=O)COC(=O)c1ccccc1C(F)(F)F)c1ccccc1. The molecule has 1 amide bonds. The van der Waals surface area contributed by atoms with E-state index in [4.69, 9.17) is 4.74 Å². The van der Waals surface area contributed by atoms with E-state index in [0.717, 1.165) is 24.1 Å². The topological polar surface area (TPSA) is 55.4 Å². The Hall–Kier alpha value is -2.83. The van der Waals surface area contributed by atoms with Crippen molar-refractivity contribution < 1.29 is 27.5 Å². The zero-order valence-electron chi connectivity index (χ0n) is 14.8. The summed E-state index contributed by atoms with van der Waals surface area (Å²) in [6.45, 7) is 1.31. The highest BCUT2D eigenvalue weighted by molar-refractivity contribution is 5.93. The van der Waals surface area contributed by atoms with Crippen molar-refractivity contribution >= 4 is 11.9 Å². The average Bonchev–Trinajstić information content (AvgIpc) is 2.66. The van der Waals surface area contributed by atoms with Gasteiger partial charge in [-0.05, 0) is 24.1 Å². The van der Waals surface area contributed by atoms with Crippen LogP contribution in [-0.4, -0.2) is 18.5 Å². The van der Waals surface area contributed by atoms with E-state index in [1.165, 1.54) is 12.1 Å². The number of carbonyl (C=O) groups is 2. The van der Waals surface area contributed by atoms with Gasteiger partial charge in [-0.1, -0.05) is 55.8 Å². The van der Waals surface area contributed by atoms with Crippen LogP contribution in [-0.2, 0) is 15.7 Å². The van der Waals surface area contributed by atoms with Crippen LogP contribution in [0, 0.1) is 0 Å². The van der Waals surface area contributed by atoms with Gasteiger partial charge in [0.1, 0.15) is 0 Å². The van der Waals surface area contributed by atoms with Crippen molar-refractivity contribution in [3.63, 3.8) is 0 Å². The van der Waals surface area contributed by atoms with Crippen molar-refractivity contribution in [1.82, 2.24) is 5.32 Å². The van der Waals surface area contributed by atoms with Gasteiger partial charge in [-0.2, -0.15) is 13.2 Å². The maximum Gasteiger partial charge on any atom is 0.417 e. The van der Waals surface area contributed by atoms with Gasteiger partial charge in [0.05, 0.1) is 17.2 Å². The first-order valence-corrected chi connectivity index (χ1v) is 8.50. The van der Waals surface area contributed by atoms with Gasteiger partial charge in [0.25, 0.3) is 5.91 Å². The molecule has 0 saturated heterocycles. The number of benzene rings is 2. The van der Waals surface area contributed by atoms with E-state index in [9.17, 15) is 22.8 Å². The van der Waals surface area contributed by atoms with Gasteiger partial charge < -0.3 is 10.1 Å². The molecule has 0 spiro atoms. The maximum atomic E-state index is 13.0. The van der Waals surface area contributed by atoms with Crippen LogP contribution >= 0.6 is 0 Å². The first kappa shape index (κ1) is 20.5. The number of nitrogens with one attached hydrogen (secondary N) is 1. The minimum Gasteiger partial charge on any atom is -0.452 e. The summed E-state index contributed by atoms with van der Waals surface area (Å²) in [4.78, 5) is 24.1. The highest BCUT2D eigenvalue weighted by atomic mass is 19.4. The lowest BCUT2D eigenvalue weighted by molar-refractivity contribution is -0.138. The van der Waals surface area contributed by atoms with E-state index in [-0.39, 0.29) is 6.04 Å². The van der Waals surface area contributed by atoms with Crippen LogP contribution in [0.4, 0.5) is 13.2 Å². The van der Waals surface area contributed by atoms with Crippen LogP contribution in [0.15, 0.2) is 54.6 Å². The molecule has 0 saturated carbocycles. The van der Waals surface area contributed by atoms with Crippen molar-refractivity contribution in [2.24, 2.45) is 0 Å². The molecule has 0 radical (unpaired) electrons. The van der Waals surface area contributed by atoms with Gasteiger partial charge in [0.15, 0.2) is 6.61 Å². The summed E-state index contributed by atoms with van der Waals surface area (Å²) in [5.41, 5.74) is -0.809. The number of esters is 1. The van der Waals surface area contributed by atoms with E-state index in [0.29, 0.717) is 6.42 Å². The smallest absolute Gasteiger partial charge is 0.417 e. The zero-order valence-corrected chi connectivity index (χ0v) is 14.8. The lowest BCUT2D eigenvalue weighted by Crippen LogP contribution is -2.32. The third kappa shape index (κ3) is 5.84. The van der Waals surface area contributed by atoms with E-state index in [2.05, 4.69) is 5.32 Å². The van der Waals surface area contributed by atoms with E-state index in [1.807, 2.05) is 37.3 Å². The lowest BCUT2D eigenvalue weighted by atomic mass is 10.0. The van der Waals surface area contributed by atoms with Gasteiger partial charge in [0.2, 0.25) is 0 Å².